The Kier molecular flexibility index (Phi) is 37.4. The fourth-order valence-electron chi connectivity index (χ4n) is 5.86. The van der Waals surface area contributed by atoms with Crippen LogP contribution in [0.5, 0.6) is 0 Å². The maximum Gasteiger partial charge on any atom is 0.305 e. The number of nitrogens with one attached hydrogen (secondary N) is 1. The van der Waals surface area contributed by atoms with Gasteiger partial charge >= 0.3 is 5.97 Å². The van der Waals surface area contributed by atoms with E-state index in [0.717, 1.165) is 70.6 Å². The average molecular weight is 690 g/mol. The highest BCUT2D eigenvalue weighted by atomic mass is 16.5. The van der Waals surface area contributed by atoms with Gasteiger partial charge < -0.3 is 20.3 Å². The van der Waals surface area contributed by atoms with Crippen LogP contribution in [0.4, 0.5) is 0 Å². The van der Waals surface area contributed by atoms with Crippen molar-refractivity contribution in [2.24, 2.45) is 0 Å². The molecular formula is C43H79NO5. The number of unbranched alkanes of at least 4 members (excludes halogenated alkanes) is 22. The number of carbonyl (C=O) groups is 2. The Morgan fingerprint density at radius 3 is 1.49 bits per heavy atom. The Balaban J connectivity index is 3.60. The fraction of sp³-hybridized carbons (Fsp3) is 0.814. The number of carbonyl (C=O) groups excluding carboxylic acids is 2. The largest absolute Gasteiger partial charge is 0.466 e. The van der Waals surface area contributed by atoms with E-state index in [1.807, 2.05) is 6.08 Å². The summed E-state index contributed by atoms with van der Waals surface area (Å²) in [5, 5.41) is 22.8. The third kappa shape index (κ3) is 35.7. The number of ether oxygens (including phenoxy) is 1. The lowest BCUT2D eigenvalue weighted by molar-refractivity contribution is -0.143. The number of hydrogen-bond acceptors (Lipinski definition) is 5. The molecule has 0 saturated heterocycles. The summed E-state index contributed by atoms with van der Waals surface area (Å²) in [5.74, 6) is -0.183. The van der Waals surface area contributed by atoms with Gasteiger partial charge in [0.15, 0.2) is 0 Å². The van der Waals surface area contributed by atoms with Gasteiger partial charge in [0.2, 0.25) is 5.91 Å². The number of amides is 1. The monoisotopic (exact) mass is 690 g/mol. The molecule has 0 aromatic carbocycles. The molecule has 0 aliphatic rings. The first-order valence-electron chi connectivity index (χ1n) is 20.8. The summed E-state index contributed by atoms with van der Waals surface area (Å²) >= 11 is 0. The second kappa shape index (κ2) is 38.9. The maximum absolute atomic E-state index is 12.3. The van der Waals surface area contributed by atoms with Crippen LogP contribution >= 0.6 is 0 Å². The lowest BCUT2D eigenvalue weighted by atomic mass is 10.1. The number of rotatable bonds is 37. The third-order valence-corrected chi connectivity index (χ3v) is 9.13. The number of aliphatic hydroxyl groups is 2. The van der Waals surface area contributed by atoms with Crippen LogP contribution in [0.3, 0.4) is 0 Å². The number of hydrogen-bond donors (Lipinski definition) is 3. The first kappa shape index (κ1) is 47.1. The quantitative estimate of drug-likeness (QED) is 0.0343. The first-order valence-corrected chi connectivity index (χ1v) is 20.8. The van der Waals surface area contributed by atoms with Gasteiger partial charge in [-0.05, 0) is 77.0 Å². The summed E-state index contributed by atoms with van der Waals surface area (Å²) in [4.78, 5) is 24.3. The number of allylic oxidation sites excluding steroid dienone is 5. The molecular weight excluding hydrogens is 610 g/mol. The molecule has 0 aromatic heterocycles. The summed E-state index contributed by atoms with van der Waals surface area (Å²) in [6.07, 6.45) is 44.2. The molecule has 0 aromatic rings. The van der Waals surface area contributed by atoms with Crippen LogP contribution < -0.4 is 5.32 Å². The number of esters is 1. The molecule has 0 aliphatic carbocycles. The van der Waals surface area contributed by atoms with Crippen LogP contribution in [-0.4, -0.2) is 47.4 Å². The summed E-state index contributed by atoms with van der Waals surface area (Å²) in [7, 11) is 0. The van der Waals surface area contributed by atoms with Crippen molar-refractivity contribution in [1.29, 1.82) is 0 Å². The van der Waals surface area contributed by atoms with Crippen molar-refractivity contribution in [2.45, 2.75) is 212 Å². The summed E-state index contributed by atoms with van der Waals surface area (Å²) in [5.41, 5.74) is 0. The minimum atomic E-state index is -0.873. The van der Waals surface area contributed by atoms with Crippen molar-refractivity contribution in [1.82, 2.24) is 5.32 Å². The van der Waals surface area contributed by atoms with Crippen LogP contribution in [0.2, 0.25) is 0 Å². The van der Waals surface area contributed by atoms with E-state index < -0.39 is 12.1 Å². The van der Waals surface area contributed by atoms with Crippen molar-refractivity contribution in [3.8, 4) is 0 Å². The molecule has 0 spiro atoms. The SMILES string of the molecule is CCCCCCC/C=C\CCCCCCCC(=O)OCCCCCC/C=C\CCCC(=O)NC(CO)C(O)/C=C/CCCCCCCCC. The lowest BCUT2D eigenvalue weighted by Crippen LogP contribution is -2.45. The van der Waals surface area contributed by atoms with E-state index in [4.69, 9.17) is 4.74 Å². The highest BCUT2D eigenvalue weighted by Crippen LogP contribution is 2.12. The van der Waals surface area contributed by atoms with Crippen LogP contribution in [0, 0.1) is 0 Å². The molecule has 0 heterocycles. The Labute approximate surface area is 303 Å². The Bertz CT molecular complexity index is 808. The van der Waals surface area contributed by atoms with Crippen molar-refractivity contribution in [3.05, 3.63) is 36.5 Å². The zero-order valence-electron chi connectivity index (χ0n) is 32.2. The Hall–Kier alpha value is -1.92. The summed E-state index contributed by atoms with van der Waals surface area (Å²) in [6, 6.07) is -0.663. The van der Waals surface area contributed by atoms with Gasteiger partial charge in [0.05, 0.1) is 25.4 Å². The van der Waals surface area contributed by atoms with Crippen LogP contribution in [0.25, 0.3) is 0 Å². The lowest BCUT2D eigenvalue weighted by Gasteiger charge is -2.19. The van der Waals surface area contributed by atoms with E-state index in [2.05, 4.69) is 43.5 Å². The summed E-state index contributed by atoms with van der Waals surface area (Å²) in [6.45, 7) is 4.74. The topological polar surface area (TPSA) is 95.9 Å². The number of aliphatic hydroxyl groups excluding tert-OH is 2. The molecule has 3 N–H and O–H groups in total. The van der Waals surface area contributed by atoms with Gasteiger partial charge in [0, 0.05) is 12.8 Å². The van der Waals surface area contributed by atoms with E-state index in [1.54, 1.807) is 6.08 Å². The van der Waals surface area contributed by atoms with Crippen molar-refractivity contribution < 1.29 is 24.5 Å². The Morgan fingerprint density at radius 2 is 0.980 bits per heavy atom. The predicted octanol–water partition coefficient (Wildman–Crippen LogP) is 11.4. The molecule has 0 rings (SSSR count). The molecule has 286 valence electrons. The molecule has 0 bridgehead atoms. The van der Waals surface area contributed by atoms with Crippen LogP contribution in [-0.2, 0) is 14.3 Å². The average Bonchev–Trinajstić information content (AvgIpc) is 3.10. The van der Waals surface area contributed by atoms with Gasteiger partial charge in [0.25, 0.3) is 0 Å². The maximum atomic E-state index is 12.3. The van der Waals surface area contributed by atoms with E-state index in [-0.39, 0.29) is 18.5 Å². The molecule has 0 fully saturated rings. The van der Waals surface area contributed by atoms with Crippen LogP contribution in [0.1, 0.15) is 200 Å². The van der Waals surface area contributed by atoms with Gasteiger partial charge in [-0.2, -0.15) is 0 Å². The summed E-state index contributed by atoms with van der Waals surface area (Å²) < 4.78 is 5.41. The fourth-order valence-corrected chi connectivity index (χ4v) is 5.86. The second-order valence-electron chi connectivity index (χ2n) is 14.0. The molecule has 6 heteroatoms. The molecule has 0 aliphatic heterocycles. The predicted molar refractivity (Wildman–Crippen MR) is 209 cm³/mol. The van der Waals surface area contributed by atoms with Crippen molar-refractivity contribution in [2.75, 3.05) is 13.2 Å². The molecule has 0 radical (unpaired) electrons. The standard InChI is InChI=1S/C43H79NO5/c1-3-5-7-9-11-13-14-15-16-17-21-25-29-33-37-43(48)49-38-34-30-26-22-18-20-24-28-32-36-42(47)44-40(39-45)41(46)35-31-27-23-19-12-10-8-6-4-2/h14-15,20,24,31,35,40-41,45-46H,3-13,16-19,21-23,25-30,32-34,36-39H2,1-2H3,(H,44,47)/b15-14-,24-20-,35-31+. The molecule has 6 nitrogen and oxygen atoms in total. The normalized spacial score (nSPS) is 13.1. The van der Waals surface area contributed by atoms with E-state index in [0.29, 0.717) is 19.4 Å². The highest BCUT2D eigenvalue weighted by Gasteiger charge is 2.17. The van der Waals surface area contributed by atoms with Gasteiger partial charge in [-0.25, -0.2) is 0 Å². The molecule has 2 atom stereocenters. The minimum absolute atomic E-state index is 0.0486. The van der Waals surface area contributed by atoms with E-state index in [9.17, 15) is 19.8 Å². The van der Waals surface area contributed by atoms with Gasteiger partial charge in [-0.3, -0.25) is 9.59 Å². The van der Waals surface area contributed by atoms with Gasteiger partial charge in [-0.15, -0.1) is 0 Å². The van der Waals surface area contributed by atoms with Gasteiger partial charge in [0.1, 0.15) is 0 Å². The van der Waals surface area contributed by atoms with Crippen molar-refractivity contribution >= 4 is 11.9 Å². The zero-order valence-corrected chi connectivity index (χ0v) is 32.2. The van der Waals surface area contributed by atoms with Crippen LogP contribution in [0.15, 0.2) is 36.5 Å². The van der Waals surface area contributed by atoms with E-state index >= 15 is 0 Å². The van der Waals surface area contributed by atoms with Crippen molar-refractivity contribution in [3.63, 3.8) is 0 Å². The van der Waals surface area contributed by atoms with Gasteiger partial charge in [-0.1, -0.05) is 147 Å². The second-order valence-corrected chi connectivity index (χ2v) is 14.0. The molecule has 0 saturated carbocycles. The molecule has 49 heavy (non-hydrogen) atoms. The molecule has 1 amide bonds. The van der Waals surface area contributed by atoms with E-state index in [1.165, 1.54) is 103 Å². The zero-order chi connectivity index (χ0) is 35.9. The molecule has 2 unspecified atom stereocenters. The smallest absolute Gasteiger partial charge is 0.305 e. The first-order chi connectivity index (χ1) is 24.0. The Morgan fingerprint density at radius 1 is 0.551 bits per heavy atom. The minimum Gasteiger partial charge on any atom is -0.466 e. The highest BCUT2D eigenvalue weighted by molar-refractivity contribution is 5.76. The third-order valence-electron chi connectivity index (χ3n) is 9.13.